The standard InChI is InChI=1S/C10H16N4O3S/c1-14-5-12-9(11)10(14)18(15,16)13-7-4-6-2-3-8(7)17-6/h5-8,13H,2-4,11H2,1H3. The summed E-state index contributed by atoms with van der Waals surface area (Å²) in [6.07, 6.45) is 4.27. The normalized spacial score (nSPS) is 31.1. The molecule has 1 aromatic rings. The molecule has 3 N–H and O–H groups in total. The lowest BCUT2D eigenvalue weighted by molar-refractivity contribution is 0.0995. The molecule has 2 saturated heterocycles. The van der Waals surface area contributed by atoms with Crippen LogP contribution in [0.25, 0.3) is 0 Å². The largest absolute Gasteiger partial charge is 0.381 e. The molecule has 2 fully saturated rings. The van der Waals surface area contributed by atoms with Gasteiger partial charge in [-0.15, -0.1) is 0 Å². The van der Waals surface area contributed by atoms with Crippen molar-refractivity contribution >= 4 is 15.8 Å². The summed E-state index contributed by atoms with van der Waals surface area (Å²) in [6, 6.07) is -0.150. The number of ether oxygens (including phenoxy) is 1. The molecule has 2 aliphatic rings. The molecule has 3 unspecified atom stereocenters. The van der Waals surface area contributed by atoms with Crippen molar-refractivity contribution in [1.82, 2.24) is 14.3 Å². The predicted octanol–water partition coefficient (Wildman–Crippen LogP) is -0.399. The highest BCUT2D eigenvalue weighted by molar-refractivity contribution is 7.89. The first-order valence-corrected chi connectivity index (χ1v) is 7.40. The highest BCUT2D eigenvalue weighted by atomic mass is 32.2. The van der Waals surface area contributed by atoms with Crippen molar-refractivity contribution < 1.29 is 13.2 Å². The average Bonchev–Trinajstić information content (AvgIpc) is 2.93. The van der Waals surface area contributed by atoms with Crippen LogP contribution in [-0.4, -0.2) is 36.2 Å². The Bertz CT molecular complexity index is 548. The zero-order chi connectivity index (χ0) is 12.9. The first-order valence-electron chi connectivity index (χ1n) is 5.92. The zero-order valence-electron chi connectivity index (χ0n) is 10.0. The molecule has 3 rings (SSSR count). The Kier molecular flexibility index (Phi) is 2.61. The SMILES string of the molecule is Cn1cnc(N)c1S(=O)(=O)NC1CC2CCC1O2. The van der Waals surface area contributed by atoms with Crippen molar-refractivity contribution in [2.75, 3.05) is 5.73 Å². The number of nitrogens with two attached hydrogens (primary N) is 1. The van der Waals surface area contributed by atoms with Gasteiger partial charge >= 0.3 is 0 Å². The van der Waals surface area contributed by atoms with E-state index >= 15 is 0 Å². The second kappa shape index (κ2) is 3.94. The molecule has 100 valence electrons. The Balaban J connectivity index is 1.84. The number of rotatable bonds is 3. The Labute approximate surface area is 105 Å². The average molecular weight is 272 g/mol. The molecule has 3 heterocycles. The van der Waals surface area contributed by atoms with Crippen LogP contribution in [-0.2, 0) is 21.8 Å². The van der Waals surface area contributed by atoms with Gasteiger partial charge in [-0.1, -0.05) is 0 Å². The van der Waals surface area contributed by atoms with Gasteiger partial charge in [-0.2, -0.15) is 0 Å². The van der Waals surface area contributed by atoms with Crippen LogP contribution in [0.1, 0.15) is 19.3 Å². The summed E-state index contributed by atoms with van der Waals surface area (Å²) in [7, 11) is -2.03. The number of aromatic nitrogens is 2. The lowest BCUT2D eigenvalue weighted by Crippen LogP contribution is -2.42. The van der Waals surface area contributed by atoms with Gasteiger partial charge in [0.2, 0.25) is 0 Å². The number of nitrogen functional groups attached to an aromatic ring is 1. The van der Waals surface area contributed by atoms with Crippen molar-refractivity contribution in [3.63, 3.8) is 0 Å². The van der Waals surface area contributed by atoms with Gasteiger partial charge in [0.25, 0.3) is 10.0 Å². The highest BCUT2D eigenvalue weighted by Gasteiger charge is 2.43. The fourth-order valence-corrected chi connectivity index (χ4v) is 4.29. The van der Waals surface area contributed by atoms with Gasteiger partial charge in [0.05, 0.1) is 24.6 Å². The van der Waals surface area contributed by atoms with Crippen molar-refractivity contribution in [1.29, 1.82) is 0 Å². The highest BCUT2D eigenvalue weighted by Crippen LogP contribution is 2.35. The van der Waals surface area contributed by atoms with Crippen molar-refractivity contribution in [2.45, 2.75) is 42.5 Å². The molecule has 1 aromatic heterocycles. The number of fused-ring (bicyclic) bond motifs is 2. The third-order valence-electron chi connectivity index (χ3n) is 3.58. The number of hydrogen-bond donors (Lipinski definition) is 2. The Morgan fingerprint density at radius 3 is 2.83 bits per heavy atom. The van der Waals surface area contributed by atoms with Gasteiger partial charge in [0.15, 0.2) is 10.8 Å². The summed E-state index contributed by atoms with van der Waals surface area (Å²) in [5.41, 5.74) is 5.60. The van der Waals surface area contributed by atoms with Gasteiger partial charge < -0.3 is 15.0 Å². The number of nitrogens with one attached hydrogen (secondary N) is 1. The van der Waals surface area contributed by atoms with Gasteiger partial charge in [-0.05, 0) is 19.3 Å². The van der Waals surface area contributed by atoms with Gasteiger partial charge in [-0.3, -0.25) is 0 Å². The van der Waals surface area contributed by atoms with Gasteiger partial charge in [0.1, 0.15) is 0 Å². The number of aryl methyl sites for hydroxylation is 1. The molecule has 2 bridgehead atoms. The van der Waals surface area contributed by atoms with Crippen molar-refractivity contribution in [2.24, 2.45) is 7.05 Å². The van der Waals surface area contributed by atoms with Crippen LogP contribution in [0.4, 0.5) is 5.82 Å². The maximum Gasteiger partial charge on any atom is 0.260 e. The fraction of sp³-hybridized carbons (Fsp3) is 0.700. The molecule has 2 aliphatic heterocycles. The van der Waals surface area contributed by atoms with Crippen LogP contribution < -0.4 is 10.5 Å². The summed E-state index contributed by atoms with van der Waals surface area (Å²) in [4.78, 5) is 3.80. The quantitative estimate of drug-likeness (QED) is 0.780. The third-order valence-corrected chi connectivity index (χ3v) is 5.20. The smallest absolute Gasteiger partial charge is 0.260 e. The number of sulfonamides is 1. The van der Waals surface area contributed by atoms with Crippen LogP contribution in [0, 0.1) is 0 Å². The lowest BCUT2D eigenvalue weighted by atomic mass is 9.96. The van der Waals surface area contributed by atoms with E-state index in [-0.39, 0.29) is 29.1 Å². The minimum atomic E-state index is -3.64. The van der Waals surface area contributed by atoms with Crippen LogP contribution >= 0.6 is 0 Å². The van der Waals surface area contributed by atoms with Crippen LogP contribution in [0.5, 0.6) is 0 Å². The number of nitrogens with zero attached hydrogens (tertiary/aromatic N) is 2. The maximum atomic E-state index is 12.3. The summed E-state index contributed by atoms with van der Waals surface area (Å²) in [5, 5.41) is 0.0188. The molecule has 0 aliphatic carbocycles. The number of hydrogen-bond acceptors (Lipinski definition) is 5. The van der Waals surface area contributed by atoms with E-state index < -0.39 is 10.0 Å². The molecule has 0 radical (unpaired) electrons. The molecule has 18 heavy (non-hydrogen) atoms. The molecule has 0 saturated carbocycles. The van der Waals surface area contributed by atoms with Gasteiger partial charge in [0, 0.05) is 7.05 Å². The first kappa shape index (κ1) is 11.9. The summed E-state index contributed by atoms with van der Waals surface area (Å²) in [6.45, 7) is 0. The van der Waals surface area contributed by atoms with Crippen molar-refractivity contribution in [3.8, 4) is 0 Å². The second-order valence-electron chi connectivity index (χ2n) is 4.88. The van der Waals surface area contributed by atoms with E-state index in [0.29, 0.717) is 0 Å². The molecular weight excluding hydrogens is 256 g/mol. The van der Waals surface area contributed by atoms with E-state index in [2.05, 4.69) is 9.71 Å². The molecule has 0 spiro atoms. The van der Waals surface area contributed by atoms with E-state index in [4.69, 9.17) is 10.5 Å². The molecular formula is C10H16N4O3S. The zero-order valence-corrected chi connectivity index (χ0v) is 10.9. The molecule has 3 atom stereocenters. The molecule has 8 heteroatoms. The number of imidazole rings is 1. The van der Waals surface area contributed by atoms with E-state index in [9.17, 15) is 8.42 Å². The Morgan fingerprint density at radius 1 is 1.56 bits per heavy atom. The van der Waals surface area contributed by atoms with E-state index in [0.717, 1.165) is 19.3 Å². The van der Waals surface area contributed by atoms with E-state index in [1.165, 1.54) is 10.9 Å². The third kappa shape index (κ3) is 1.80. The summed E-state index contributed by atoms with van der Waals surface area (Å²) in [5.74, 6) is 0.0223. The fourth-order valence-electron chi connectivity index (χ4n) is 2.78. The van der Waals surface area contributed by atoms with Crippen LogP contribution in [0.3, 0.4) is 0 Å². The van der Waals surface area contributed by atoms with E-state index in [1.807, 2.05) is 0 Å². The minimum absolute atomic E-state index is 0.000716. The lowest BCUT2D eigenvalue weighted by Gasteiger charge is -2.20. The van der Waals surface area contributed by atoms with Crippen LogP contribution in [0.2, 0.25) is 0 Å². The second-order valence-corrected chi connectivity index (χ2v) is 6.51. The monoisotopic (exact) mass is 272 g/mol. The molecule has 0 amide bonds. The maximum absolute atomic E-state index is 12.3. The topological polar surface area (TPSA) is 99.2 Å². The Morgan fingerprint density at radius 2 is 2.33 bits per heavy atom. The first-order chi connectivity index (χ1) is 8.47. The van der Waals surface area contributed by atoms with Crippen molar-refractivity contribution in [3.05, 3.63) is 6.33 Å². The summed E-state index contributed by atoms with van der Waals surface area (Å²) >= 11 is 0. The van der Waals surface area contributed by atoms with Gasteiger partial charge in [-0.25, -0.2) is 18.1 Å². The Hall–Kier alpha value is -1.12. The van der Waals surface area contributed by atoms with Crippen LogP contribution in [0.15, 0.2) is 11.4 Å². The predicted molar refractivity (Wildman–Crippen MR) is 64.2 cm³/mol. The van der Waals surface area contributed by atoms with E-state index in [1.54, 1.807) is 7.05 Å². The number of anilines is 1. The minimum Gasteiger partial charge on any atom is -0.381 e. The molecule has 0 aromatic carbocycles. The summed E-state index contributed by atoms with van der Waals surface area (Å²) < 4.78 is 34.2. The molecule has 7 nitrogen and oxygen atoms in total.